The Hall–Kier alpha value is -1.73. The van der Waals surface area contributed by atoms with Crippen LogP contribution in [0.4, 0.5) is 5.82 Å². The molecule has 1 aromatic rings. The molecule has 4 rings (SSSR count). The molecule has 1 amide bonds. The lowest BCUT2D eigenvalue weighted by atomic mass is 9.93. The Balaban J connectivity index is 1.47. The molecule has 172 valence electrons. The molecule has 1 saturated carbocycles. The van der Waals surface area contributed by atoms with Gasteiger partial charge in [0.05, 0.1) is 12.2 Å². The van der Waals surface area contributed by atoms with E-state index in [1.807, 2.05) is 7.05 Å². The third kappa shape index (κ3) is 5.20. The van der Waals surface area contributed by atoms with E-state index < -0.39 is 0 Å². The Labute approximate surface area is 187 Å². The first kappa shape index (κ1) is 22.5. The quantitative estimate of drug-likeness (QED) is 0.726. The number of nitrogens with zero attached hydrogens (tertiary/aromatic N) is 4. The number of piperidine rings is 1. The number of nitrogens with one attached hydrogen (secondary N) is 2. The molecule has 1 aliphatic carbocycles. The summed E-state index contributed by atoms with van der Waals surface area (Å²) in [5.41, 5.74) is 2.34. The fourth-order valence-electron chi connectivity index (χ4n) is 5.65. The number of amides is 1. The molecule has 3 aliphatic rings. The normalized spacial score (nSPS) is 21.2. The number of aromatic nitrogens is 2. The summed E-state index contributed by atoms with van der Waals surface area (Å²) in [4.78, 5) is 27.7. The van der Waals surface area contributed by atoms with Crippen molar-refractivity contribution < 1.29 is 4.79 Å². The number of carbonyl (C=O) groups is 1. The molecule has 0 bridgehead atoms. The van der Waals surface area contributed by atoms with Gasteiger partial charge in [0.25, 0.3) is 0 Å². The minimum atomic E-state index is 0.261. The molecule has 0 aromatic carbocycles. The number of rotatable bonds is 6. The Bertz CT molecular complexity index is 755. The zero-order valence-corrected chi connectivity index (χ0v) is 19.6. The standard InChI is InChI=1S/C24H40N6O/c1-17(2)30(19-7-5-4-6-8-19)22(31)16-29-14-11-20-21(15-29)27-23(28-24(20)25-3)18-9-12-26-13-10-18/h17-19,26H,4-16H2,1-3H3,(H,25,27,28). The summed E-state index contributed by atoms with van der Waals surface area (Å²) in [5.74, 6) is 2.67. The highest BCUT2D eigenvalue weighted by Crippen LogP contribution is 2.29. The summed E-state index contributed by atoms with van der Waals surface area (Å²) in [6.45, 7) is 8.52. The molecule has 31 heavy (non-hydrogen) atoms. The van der Waals surface area contributed by atoms with E-state index in [1.165, 1.54) is 24.8 Å². The fourth-order valence-corrected chi connectivity index (χ4v) is 5.65. The lowest BCUT2D eigenvalue weighted by Gasteiger charge is -2.39. The van der Waals surface area contributed by atoms with Gasteiger partial charge in [0.2, 0.25) is 5.91 Å². The van der Waals surface area contributed by atoms with E-state index in [4.69, 9.17) is 9.97 Å². The summed E-state index contributed by atoms with van der Waals surface area (Å²) in [6.07, 6.45) is 9.21. The van der Waals surface area contributed by atoms with Crippen LogP contribution >= 0.6 is 0 Å². The fraction of sp³-hybridized carbons (Fsp3) is 0.792. The van der Waals surface area contributed by atoms with Crippen molar-refractivity contribution in [1.82, 2.24) is 25.1 Å². The van der Waals surface area contributed by atoms with Crippen LogP contribution in [0, 0.1) is 0 Å². The lowest BCUT2D eigenvalue weighted by molar-refractivity contribution is -0.137. The Morgan fingerprint density at radius 2 is 1.90 bits per heavy atom. The molecule has 0 radical (unpaired) electrons. The second-order valence-corrected chi connectivity index (χ2v) is 9.78. The number of anilines is 1. The average molecular weight is 429 g/mol. The van der Waals surface area contributed by atoms with Gasteiger partial charge in [-0.15, -0.1) is 0 Å². The van der Waals surface area contributed by atoms with Crippen LogP contribution in [0.1, 0.15) is 81.8 Å². The lowest BCUT2D eigenvalue weighted by Crippen LogP contribution is -2.50. The molecule has 2 N–H and O–H groups in total. The van der Waals surface area contributed by atoms with Crippen LogP contribution in [0.25, 0.3) is 0 Å². The zero-order chi connectivity index (χ0) is 21.8. The predicted molar refractivity (Wildman–Crippen MR) is 124 cm³/mol. The van der Waals surface area contributed by atoms with Gasteiger partial charge in [0.15, 0.2) is 0 Å². The third-order valence-electron chi connectivity index (χ3n) is 7.27. The van der Waals surface area contributed by atoms with Gasteiger partial charge in [-0.25, -0.2) is 9.97 Å². The average Bonchev–Trinajstić information content (AvgIpc) is 2.79. The minimum absolute atomic E-state index is 0.261. The molecule has 0 spiro atoms. The molecule has 1 saturated heterocycles. The van der Waals surface area contributed by atoms with Gasteiger partial charge in [0.1, 0.15) is 11.6 Å². The summed E-state index contributed by atoms with van der Waals surface area (Å²) in [7, 11) is 1.95. The van der Waals surface area contributed by atoms with Crippen LogP contribution in [-0.4, -0.2) is 71.0 Å². The molecule has 1 aromatic heterocycles. The van der Waals surface area contributed by atoms with Crippen molar-refractivity contribution in [2.45, 2.75) is 89.8 Å². The second-order valence-electron chi connectivity index (χ2n) is 9.78. The van der Waals surface area contributed by atoms with Crippen molar-refractivity contribution in [3.8, 4) is 0 Å². The van der Waals surface area contributed by atoms with Crippen molar-refractivity contribution in [3.05, 3.63) is 17.1 Å². The van der Waals surface area contributed by atoms with E-state index in [0.717, 1.165) is 75.6 Å². The van der Waals surface area contributed by atoms with Gasteiger partial charge in [-0.05, 0) is 59.0 Å². The summed E-state index contributed by atoms with van der Waals surface area (Å²) >= 11 is 0. The van der Waals surface area contributed by atoms with Crippen molar-refractivity contribution in [2.75, 3.05) is 38.5 Å². The number of hydrogen-bond donors (Lipinski definition) is 2. The summed E-state index contributed by atoms with van der Waals surface area (Å²) < 4.78 is 0. The third-order valence-corrected chi connectivity index (χ3v) is 7.27. The topological polar surface area (TPSA) is 73.4 Å². The van der Waals surface area contributed by atoms with E-state index in [0.29, 0.717) is 18.5 Å². The highest BCUT2D eigenvalue weighted by atomic mass is 16.2. The van der Waals surface area contributed by atoms with E-state index in [1.54, 1.807) is 0 Å². The molecule has 0 unspecified atom stereocenters. The maximum atomic E-state index is 13.3. The predicted octanol–water partition coefficient (Wildman–Crippen LogP) is 2.91. The number of carbonyl (C=O) groups excluding carboxylic acids is 1. The largest absolute Gasteiger partial charge is 0.373 e. The maximum absolute atomic E-state index is 13.3. The highest BCUT2D eigenvalue weighted by Gasteiger charge is 2.31. The first-order chi connectivity index (χ1) is 15.1. The molecule has 7 heteroatoms. The van der Waals surface area contributed by atoms with Crippen LogP contribution in [0.3, 0.4) is 0 Å². The molecular weight excluding hydrogens is 388 g/mol. The van der Waals surface area contributed by atoms with E-state index in [9.17, 15) is 4.79 Å². The first-order valence-corrected chi connectivity index (χ1v) is 12.4. The molecule has 2 aliphatic heterocycles. The SMILES string of the molecule is CNc1nc(C2CCNCC2)nc2c1CCN(CC(=O)N(C(C)C)C1CCCCC1)C2. The Kier molecular flexibility index (Phi) is 7.43. The highest BCUT2D eigenvalue weighted by molar-refractivity contribution is 5.79. The molecular formula is C24H40N6O. The first-order valence-electron chi connectivity index (χ1n) is 12.4. The van der Waals surface area contributed by atoms with Crippen LogP contribution in [-0.2, 0) is 17.8 Å². The van der Waals surface area contributed by atoms with Crippen LogP contribution in [0.15, 0.2) is 0 Å². The Morgan fingerprint density at radius 1 is 1.16 bits per heavy atom. The number of fused-ring (bicyclic) bond motifs is 1. The van der Waals surface area contributed by atoms with Crippen molar-refractivity contribution in [3.63, 3.8) is 0 Å². The van der Waals surface area contributed by atoms with Crippen molar-refractivity contribution in [2.24, 2.45) is 0 Å². The van der Waals surface area contributed by atoms with Crippen LogP contribution in [0.2, 0.25) is 0 Å². The van der Waals surface area contributed by atoms with E-state index >= 15 is 0 Å². The van der Waals surface area contributed by atoms with Gasteiger partial charge in [-0.1, -0.05) is 19.3 Å². The second kappa shape index (κ2) is 10.3. The summed E-state index contributed by atoms with van der Waals surface area (Å²) in [5, 5.41) is 6.74. The van der Waals surface area contributed by atoms with Crippen LogP contribution in [0.5, 0.6) is 0 Å². The van der Waals surface area contributed by atoms with Gasteiger partial charge < -0.3 is 15.5 Å². The molecule has 3 heterocycles. The summed E-state index contributed by atoms with van der Waals surface area (Å²) in [6, 6.07) is 0.681. The maximum Gasteiger partial charge on any atom is 0.237 e. The zero-order valence-electron chi connectivity index (χ0n) is 19.6. The van der Waals surface area contributed by atoms with Crippen molar-refractivity contribution in [1.29, 1.82) is 0 Å². The van der Waals surface area contributed by atoms with E-state index in [2.05, 4.69) is 34.3 Å². The van der Waals surface area contributed by atoms with Gasteiger partial charge in [-0.3, -0.25) is 9.69 Å². The molecule has 0 atom stereocenters. The monoisotopic (exact) mass is 428 g/mol. The molecule has 7 nitrogen and oxygen atoms in total. The van der Waals surface area contributed by atoms with Crippen molar-refractivity contribution >= 4 is 11.7 Å². The van der Waals surface area contributed by atoms with Gasteiger partial charge >= 0.3 is 0 Å². The molecule has 2 fully saturated rings. The van der Waals surface area contributed by atoms with Crippen LogP contribution < -0.4 is 10.6 Å². The Morgan fingerprint density at radius 3 is 2.58 bits per heavy atom. The van der Waals surface area contributed by atoms with Gasteiger partial charge in [-0.2, -0.15) is 0 Å². The minimum Gasteiger partial charge on any atom is -0.373 e. The van der Waals surface area contributed by atoms with Gasteiger partial charge in [0, 0.05) is 43.7 Å². The smallest absolute Gasteiger partial charge is 0.237 e. The number of hydrogen-bond acceptors (Lipinski definition) is 6. The van der Waals surface area contributed by atoms with E-state index in [-0.39, 0.29) is 11.9 Å².